The molecule has 180 valence electrons. The molecule has 1 aliphatic heterocycles. The Kier molecular flexibility index (Phi) is 6.91. The molecule has 4 rings (SSSR count). The molecule has 2 N–H and O–H groups in total. The van der Waals surface area contributed by atoms with Crippen LogP contribution in [0.5, 0.6) is 5.75 Å². The second-order valence-corrected chi connectivity index (χ2v) is 10.6. The number of rotatable bonds is 7. The van der Waals surface area contributed by atoms with E-state index >= 15 is 0 Å². The summed E-state index contributed by atoms with van der Waals surface area (Å²) in [5.41, 5.74) is 3.61. The fourth-order valence-electron chi connectivity index (χ4n) is 5.12. The number of nitrogens with one attached hydrogen (secondary N) is 1. The Balaban J connectivity index is 1.55. The van der Waals surface area contributed by atoms with Crippen LogP contribution in [0, 0.1) is 0 Å². The first kappa shape index (κ1) is 24.2. The molecule has 0 radical (unpaired) electrons. The number of hydrogen-bond donors (Lipinski definition) is 2. The predicted molar refractivity (Wildman–Crippen MR) is 137 cm³/mol. The van der Waals surface area contributed by atoms with E-state index in [1.807, 2.05) is 60.7 Å². The van der Waals surface area contributed by atoms with Crippen molar-refractivity contribution in [3.8, 4) is 17.0 Å². The first-order chi connectivity index (χ1) is 16.2. The summed E-state index contributed by atoms with van der Waals surface area (Å²) in [6, 6.07) is 20.2. The monoisotopic (exact) mass is 460 g/mol. The molecule has 0 saturated carbocycles. The van der Waals surface area contributed by atoms with E-state index in [1.165, 1.54) is 0 Å². The van der Waals surface area contributed by atoms with Gasteiger partial charge in [0.1, 0.15) is 12.4 Å². The number of piperidine rings is 1. The van der Waals surface area contributed by atoms with Gasteiger partial charge in [-0.15, -0.1) is 10.2 Å². The summed E-state index contributed by atoms with van der Waals surface area (Å²) < 4.78 is 6.14. The van der Waals surface area contributed by atoms with Crippen molar-refractivity contribution in [1.82, 2.24) is 15.5 Å². The Morgan fingerprint density at radius 3 is 2.26 bits per heavy atom. The van der Waals surface area contributed by atoms with Crippen molar-refractivity contribution in [2.24, 2.45) is 0 Å². The number of nitrogens with zero attached hydrogens (tertiary/aromatic N) is 3. The quantitative estimate of drug-likeness (QED) is 0.519. The number of anilines is 1. The molecular formula is C28H36N4O2. The molecule has 0 amide bonds. The van der Waals surface area contributed by atoms with E-state index in [2.05, 4.69) is 55.2 Å². The summed E-state index contributed by atoms with van der Waals surface area (Å²) in [4.78, 5) is 2.25. The topological polar surface area (TPSA) is 70.5 Å². The Morgan fingerprint density at radius 1 is 0.941 bits per heavy atom. The predicted octanol–water partition coefficient (Wildman–Crippen LogP) is 4.96. The lowest BCUT2D eigenvalue weighted by Crippen LogP contribution is -2.62. The van der Waals surface area contributed by atoms with E-state index in [-0.39, 0.29) is 17.7 Å². The summed E-state index contributed by atoms with van der Waals surface area (Å²) >= 11 is 0. The Morgan fingerprint density at radius 2 is 1.65 bits per heavy atom. The zero-order valence-corrected chi connectivity index (χ0v) is 20.9. The molecule has 0 bridgehead atoms. The third kappa shape index (κ3) is 5.75. The lowest BCUT2D eigenvalue weighted by Gasteiger charge is -2.49. The van der Waals surface area contributed by atoms with E-state index in [9.17, 15) is 5.11 Å². The highest BCUT2D eigenvalue weighted by molar-refractivity contribution is 5.68. The zero-order valence-electron chi connectivity index (χ0n) is 20.9. The second-order valence-electron chi connectivity index (χ2n) is 10.6. The van der Waals surface area contributed by atoms with Crippen LogP contribution in [0.25, 0.3) is 11.3 Å². The average Bonchev–Trinajstić information content (AvgIpc) is 2.81. The van der Waals surface area contributed by atoms with Gasteiger partial charge < -0.3 is 20.1 Å². The maximum Gasteiger partial charge on any atom is 0.151 e. The Hall–Kier alpha value is -2.96. The minimum absolute atomic E-state index is 0.0413. The van der Waals surface area contributed by atoms with Crippen LogP contribution in [0.3, 0.4) is 0 Å². The van der Waals surface area contributed by atoms with E-state index in [4.69, 9.17) is 4.74 Å². The SMILES string of the molecule is CN(c1ccc(-c2ccc(CO)cc2OCc2ccccc2)nn1)C1CC(C)(C)NC(C)(C)C1. The molecule has 2 aromatic carbocycles. The van der Waals surface area contributed by atoms with Gasteiger partial charge in [-0.1, -0.05) is 36.4 Å². The van der Waals surface area contributed by atoms with Gasteiger partial charge in [-0.25, -0.2) is 0 Å². The van der Waals surface area contributed by atoms with Crippen molar-refractivity contribution in [2.75, 3.05) is 11.9 Å². The van der Waals surface area contributed by atoms with Gasteiger partial charge in [-0.3, -0.25) is 0 Å². The molecule has 6 heteroatoms. The molecule has 2 heterocycles. The molecule has 0 spiro atoms. The van der Waals surface area contributed by atoms with Gasteiger partial charge >= 0.3 is 0 Å². The number of aromatic nitrogens is 2. The van der Waals surface area contributed by atoms with E-state index in [1.54, 1.807) is 0 Å². The smallest absolute Gasteiger partial charge is 0.151 e. The maximum absolute atomic E-state index is 9.61. The molecule has 3 aromatic rings. The van der Waals surface area contributed by atoms with Gasteiger partial charge in [-0.05, 0) is 75.9 Å². The normalized spacial score (nSPS) is 17.4. The summed E-state index contributed by atoms with van der Waals surface area (Å²) in [7, 11) is 2.11. The third-order valence-electron chi connectivity index (χ3n) is 6.47. The van der Waals surface area contributed by atoms with Gasteiger partial charge in [0.2, 0.25) is 0 Å². The summed E-state index contributed by atoms with van der Waals surface area (Å²) in [5, 5.41) is 22.5. The molecule has 1 aliphatic rings. The maximum atomic E-state index is 9.61. The van der Waals surface area contributed by atoms with Crippen molar-refractivity contribution in [1.29, 1.82) is 0 Å². The van der Waals surface area contributed by atoms with Crippen molar-refractivity contribution in [2.45, 2.75) is 70.9 Å². The van der Waals surface area contributed by atoms with E-state index < -0.39 is 0 Å². The fraction of sp³-hybridized carbons (Fsp3) is 0.429. The molecule has 0 unspecified atom stereocenters. The first-order valence-corrected chi connectivity index (χ1v) is 11.9. The van der Waals surface area contributed by atoms with Gasteiger partial charge in [0.15, 0.2) is 5.82 Å². The van der Waals surface area contributed by atoms with Gasteiger partial charge in [-0.2, -0.15) is 0 Å². The van der Waals surface area contributed by atoms with Crippen LogP contribution in [-0.4, -0.2) is 39.5 Å². The molecule has 1 fully saturated rings. The molecule has 0 atom stereocenters. The fourth-order valence-corrected chi connectivity index (χ4v) is 5.12. The van der Waals surface area contributed by atoms with Crippen LogP contribution in [0.1, 0.15) is 51.7 Å². The summed E-state index contributed by atoms with van der Waals surface area (Å²) in [6.45, 7) is 9.44. The summed E-state index contributed by atoms with van der Waals surface area (Å²) in [5.74, 6) is 1.55. The minimum atomic E-state index is -0.0413. The van der Waals surface area contributed by atoms with E-state index in [0.717, 1.165) is 41.0 Å². The third-order valence-corrected chi connectivity index (χ3v) is 6.47. The highest BCUT2D eigenvalue weighted by Gasteiger charge is 2.39. The van der Waals surface area contributed by atoms with Gasteiger partial charge in [0, 0.05) is 29.7 Å². The van der Waals surface area contributed by atoms with Crippen LogP contribution in [0.15, 0.2) is 60.7 Å². The van der Waals surface area contributed by atoms with Crippen molar-refractivity contribution < 1.29 is 9.84 Å². The molecule has 6 nitrogen and oxygen atoms in total. The molecule has 0 aliphatic carbocycles. The molecule has 1 saturated heterocycles. The van der Waals surface area contributed by atoms with Crippen LogP contribution >= 0.6 is 0 Å². The zero-order chi connectivity index (χ0) is 24.3. The lowest BCUT2D eigenvalue weighted by molar-refractivity contribution is 0.160. The van der Waals surface area contributed by atoms with Crippen molar-refractivity contribution >= 4 is 5.82 Å². The summed E-state index contributed by atoms with van der Waals surface area (Å²) in [6.07, 6.45) is 2.08. The number of ether oxygens (including phenoxy) is 1. The highest BCUT2D eigenvalue weighted by atomic mass is 16.5. The van der Waals surface area contributed by atoms with Gasteiger partial charge in [0.25, 0.3) is 0 Å². The van der Waals surface area contributed by atoms with Gasteiger partial charge in [0.05, 0.1) is 12.3 Å². The number of aliphatic hydroxyl groups is 1. The van der Waals surface area contributed by atoms with Crippen LogP contribution in [0.2, 0.25) is 0 Å². The number of aliphatic hydroxyl groups excluding tert-OH is 1. The minimum Gasteiger partial charge on any atom is -0.488 e. The first-order valence-electron chi connectivity index (χ1n) is 11.9. The average molecular weight is 461 g/mol. The number of benzene rings is 2. The Bertz CT molecular complexity index is 1080. The van der Waals surface area contributed by atoms with Crippen LogP contribution < -0.4 is 15.0 Å². The van der Waals surface area contributed by atoms with Crippen molar-refractivity contribution in [3.63, 3.8) is 0 Å². The molecular weight excluding hydrogens is 424 g/mol. The lowest BCUT2D eigenvalue weighted by atomic mass is 9.79. The van der Waals surface area contributed by atoms with E-state index in [0.29, 0.717) is 18.4 Å². The van der Waals surface area contributed by atoms with Crippen molar-refractivity contribution in [3.05, 3.63) is 71.8 Å². The number of hydrogen-bond acceptors (Lipinski definition) is 6. The molecule has 34 heavy (non-hydrogen) atoms. The largest absolute Gasteiger partial charge is 0.488 e. The molecule has 1 aromatic heterocycles. The standard InChI is InChI=1S/C28H36N4O2/c1-27(2)16-22(17-28(3,4)31-27)32(5)26-14-13-24(29-30-26)23-12-11-21(18-33)15-25(23)34-19-20-9-7-6-8-10-20/h6-15,22,31,33H,16-19H2,1-5H3. The van der Waals surface area contributed by atoms with Crippen LogP contribution in [0.4, 0.5) is 5.82 Å². The highest BCUT2D eigenvalue weighted by Crippen LogP contribution is 2.34. The van der Waals surface area contributed by atoms with Crippen LogP contribution in [-0.2, 0) is 13.2 Å². The second kappa shape index (κ2) is 9.72. The Labute approximate surface area is 203 Å².